The van der Waals surface area contributed by atoms with E-state index in [4.69, 9.17) is 4.98 Å². The van der Waals surface area contributed by atoms with E-state index in [-0.39, 0.29) is 0 Å². The Labute approximate surface area is 326 Å². The van der Waals surface area contributed by atoms with Gasteiger partial charge in [-0.25, -0.2) is 4.98 Å². The molecule has 0 spiro atoms. The highest BCUT2D eigenvalue weighted by atomic mass is 15.2. The van der Waals surface area contributed by atoms with Crippen molar-refractivity contribution in [1.82, 2.24) is 18.7 Å². The second-order valence-corrected chi connectivity index (χ2v) is 14.5. The number of hydrogen-bond acceptors (Lipinski definition) is 2. The molecule has 5 nitrogen and oxygen atoms in total. The lowest BCUT2D eigenvalue weighted by molar-refractivity contribution is 1.01. The highest BCUT2D eigenvalue weighted by Crippen LogP contribution is 2.42. The summed E-state index contributed by atoms with van der Waals surface area (Å²) in [6, 6.07) is 63.0. The smallest absolute Gasteiger partial charge is 0.168 e. The van der Waals surface area contributed by atoms with Gasteiger partial charge in [0.1, 0.15) is 17.2 Å². The molecule has 0 atom stereocenters. The average molecular weight is 723 g/mol. The Hall–Kier alpha value is -7.24. The van der Waals surface area contributed by atoms with E-state index in [0.717, 1.165) is 56.2 Å². The first kappa shape index (κ1) is 33.3. The number of benzene rings is 7. The Morgan fingerprint density at radius 1 is 0.464 bits per heavy atom. The molecule has 0 bridgehead atoms. The number of nitrogens with zero attached hydrogens (tertiary/aromatic N) is 5. The normalized spacial score (nSPS) is 11.5. The molecule has 0 radical (unpaired) electrons. The van der Waals surface area contributed by atoms with Crippen LogP contribution in [0.1, 0.15) is 16.7 Å². The van der Waals surface area contributed by atoms with E-state index >= 15 is 0 Å². The zero-order valence-electron chi connectivity index (χ0n) is 31.6. The van der Waals surface area contributed by atoms with Gasteiger partial charge in [0.15, 0.2) is 17.4 Å². The topological polar surface area (TPSA) is 30.9 Å². The van der Waals surface area contributed by atoms with Crippen molar-refractivity contribution < 1.29 is 0 Å². The summed E-state index contributed by atoms with van der Waals surface area (Å²) in [5.41, 5.74) is 16.0. The molecular formula is C51H40N5+. The molecule has 10 rings (SSSR count). The molecule has 0 saturated heterocycles. The number of hydrogen-bond donors (Lipinski definition) is 0. The van der Waals surface area contributed by atoms with Crippen molar-refractivity contribution in [2.75, 3.05) is 4.90 Å². The maximum atomic E-state index is 4.99. The lowest BCUT2D eigenvalue weighted by Gasteiger charge is -2.29. The van der Waals surface area contributed by atoms with Crippen molar-refractivity contribution in [3.05, 3.63) is 205 Å². The van der Waals surface area contributed by atoms with Crippen LogP contribution in [0.4, 0.5) is 17.1 Å². The number of para-hydroxylation sites is 5. The van der Waals surface area contributed by atoms with Crippen LogP contribution in [0.5, 0.6) is 0 Å². The van der Waals surface area contributed by atoms with Gasteiger partial charge in [-0.3, -0.25) is 4.57 Å². The number of rotatable bonds is 7. The number of imidazole rings is 1. The van der Waals surface area contributed by atoms with Gasteiger partial charge in [-0.2, -0.15) is 9.13 Å². The van der Waals surface area contributed by atoms with Crippen molar-refractivity contribution in [3.63, 3.8) is 0 Å². The SMILES string of the molecule is Cc1ccccc1-c1ccnc(-n2c3ccccc3c3ccc(N(c4cccc(-n5[cH+]n(-c6ccccc6)c6ccccc65)c4)c4c(C)cccc4C)cc32)c1. The predicted octanol–water partition coefficient (Wildman–Crippen LogP) is 13.3. The Bertz CT molecular complexity index is 3060. The van der Waals surface area contributed by atoms with Crippen molar-refractivity contribution >= 4 is 49.9 Å². The van der Waals surface area contributed by atoms with Crippen LogP contribution < -0.4 is 4.90 Å². The van der Waals surface area contributed by atoms with Gasteiger partial charge in [0, 0.05) is 40.9 Å². The van der Waals surface area contributed by atoms with Crippen LogP contribution in [0.25, 0.3) is 61.2 Å². The van der Waals surface area contributed by atoms with E-state index in [0.29, 0.717) is 0 Å². The van der Waals surface area contributed by atoms with E-state index in [9.17, 15) is 0 Å². The van der Waals surface area contributed by atoms with Gasteiger partial charge in [0.05, 0.1) is 22.4 Å². The van der Waals surface area contributed by atoms with Crippen molar-refractivity contribution in [2.24, 2.45) is 0 Å². The quantitative estimate of drug-likeness (QED) is 0.153. The first-order valence-corrected chi connectivity index (χ1v) is 19.1. The summed E-state index contributed by atoms with van der Waals surface area (Å²) < 4.78 is 6.88. The summed E-state index contributed by atoms with van der Waals surface area (Å²) in [6.45, 7) is 6.58. The van der Waals surface area contributed by atoms with Gasteiger partial charge < -0.3 is 4.90 Å². The number of pyridine rings is 1. The molecule has 0 aliphatic heterocycles. The maximum Gasteiger partial charge on any atom is 0.168 e. The Balaban J connectivity index is 1.18. The van der Waals surface area contributed by atoms with E-state index in [1.165, 1.54) is 38.7 Å². The van der Waals surface area contributed by atoms with Crippen molar-refractivity contribution in [3.8, 4) is 28.3 Å². The zero-order valence-corrected chi connectivity index (χ0v) is 31.6. The molecule has 0 unspecified atom stereocenters. The largest absolute Gasteiger partial charge is 0.309 e. The molecule has 0 aliphatic rings. The second kappa shape index (κ2) is 13.6. The molecule has 56 heavy (non-hydrogen) atoms. The van der Waals surface area contributed by atoms with Crippen LogP contribution in [0.3, 0.4) is 0 Å². The van der Waals surface area contributed by atoms with E-state index in [2.05, 4.69) is 222 Å². The van der Waals surface area contributed by atoms with E-state index in [1.807, 2.05) is 6.20 Å². The third kappa shape index (κ3) is 5.56. The molecule has 0 saturated carbocycles. The summed E-state index contributed by atoms with van der Waals surface area (Å²) >= 11 is 0. The van der Waals surface area contributed by atoms with E-state index in [1.54, 1.807) is 0 Å². The molecule has 5 heteroatoms. The summed E-state index contributed by atoms with van der Waals surface area (Å²) in [6.07, 6.45) is 4.13. The number of aryl methyl sites for hydroxylation is 3. The summed E-state index contributed by atoms with van der Waals surface area (Å²) in [5.74, 6) is 0.890. The fourth-order valence-electron chi connectivity index (χ4n) is 8.41. The highest BCUT2D eigenvalue weighted by molar-refractivity contribution is 6.10. The number of fused-ring (bicyclic) bond motifs is 4. The summed E-state index contributed by atoms with van der Waals surface area (Å²) in [4.78, 5) is 7.42. The van der Waals surface area contributed by atoms with Gasteiger partial charge in [-0.15, -0.1) is 0 Å². The van der Waals surface area contributed by atoms with Crippen molar-refractivity contribution in [2.45, 2.75) is 20.8 Å². The third-order valence-corrected chi connectivity index (χ3v) is 11.0. The molecule has 3 heterocycles. The Morgan fingerprint density at radius 3 is 1.86 bits per heavy atom. The Morgan fingerprint density at radius 2 is 1.07 bits per heavy atom. The van der Waals surface area contributed by atoms with Crippen LogP contribution >= 0.6 is 0 Å². The molecule has 0 amide bonds. The van der Waals surface area contributed by atoms with Crippen LogP contribution in [-0.4, -0.2) is 18.7 Å². The molecular weight excluding hydrogens is 683 g/mol. The minimum atomic E-state index is 0.890. The molecule has 0 fully saturated rings. The van der Waals surface area contributed by atoms with Crippen LogP contribution in [-0.2, 0) is 0 Å². The molecule has 0 N–H and O–H groups in total. The zero-order chi connectivity index (χ0) is 37.8. The van der Waals surface area contributed by atoms with Crippen LogP contribution in [0.2, 0.25) is 0 Å². The first-order chi connectivity index (χ1) is 27.5. The molecule has 10 aromatic rings. The second-order valence-electron chi connectivity index (χ2n) is 14.5. The van der Waals surface area contributed by atoms with Crippen LogP contribution in [0.15, 0.2) is 188 Å². The van der Waals surface area contributed by atoms with Gasteiger partial charge in [-0.05, 0) is 103 Å². The standard InChI is InChI=1S/C51H40N5/c1-35-15-7-8-22-43(35)38-29-30-52-50(31-38)56-46-24-10-9-23-44(46)45-28-27-42(33-49(45)56)55(51-36(2)16-13-17-37(51)3)41-21-14-20-40(32-41)54-34-53(39-18-5-4-6-19-39)47-25-11-12-26-48(47)54/h4-34H,1-3H3/q+1. The molecule has 7 aromatic carbocycles. The van der Waals surface area contributed by atoms with Gasteiger partial charge in [0.25, 0.3) is 0 Å². The monoisotopic (exact) mass is 722 g/mol. The van der Waals surface area contributed by atoms with Gasteiger partial charge in [0.2, 0.25) is 0 Å². The van der Waals surface area contributed by atoms with E-state index < -0.39 is 0 Å². The van der Waals surface area contributed by atoms with Crippen LogP contribution in [0, 0.1) is 20.8 Å². The molecule has 0 aliphatic carbocycles. The summed E-state index contributed by atoms with van der Waals surface area (Å²) in [7, 11) is 0. The van der Waals surface area contributed by atoms with Gasteiger partial charge >= 0.3 is 0 Å². The molecule has 268 valence electrons. The average Bonchev–Trinajstić information content (AvgIpc) is 3.79. The first-order valence-electron chi connectivity index (χ1n) is 19.1. The predicted molar refractivity (Wildman–Crippen MR) is 233 cm³/mol. The lowest BCUT2D eigenvalue weighted by atomic mass is 10.0. The maximum absolute atomic E-state index is 4.99. The lowest BCUT2D eigenvalue weighted by Crippen LogP contribution is -2.13. The molecule has 3 aromatic heterocycles. The highest BCUT2D eigenvalue weighted by Gasteiger charge is 2.23. The fraction of sp³-hybridized carbons (Fsp3) is 0.0588. The minimum Gasteiger partial charge on any atom is -0.309 e. The Kier molecular flexibility index (Phi) is 8.07. The van der Waals surface area contributed by atoms with Crippen molar-refractivity contribution in [1.29, 1.82) is 0 Å². The summed E-state index contributed by atoms with van der Waals surface area (Å²) in [5, 5.41) is 2.39. The fourth-order valence-corrected chi connectivity index (χ4v) is 8.41. The number of anilines is 3. The minimum absolute atomic E-state index is 0.890. The number of aromatic nitrogens is 4. The third-order valence-electron chi connectivity index (χ3n) is 11.0. The van der Waals surface area contributed by atoms with Gasteiger partial charge in [-0.1, -0.05) is 103 Å².